The lowest BCUT2D eigenvalue weighted by Gasteiger charge is -2.26. The van der Waals surface area contributed by atoms with Gasteiger partial charge in [-0.05, 0) is 45.9 Å². The quantitative estimate of drug-likeness (QED) is 0.0187. The maximum Gasteiger partial charge on any atom is 0.469 e. The molecule has 11 aromatic rings. The number of amides is 1. The highest BCUT2D eigenvalue weighted by atomic mass is 35.5. The molecule has 0 bridgehead atoms. The fourth-order valence-corrected chi connectivity index (χ4v) is 17.8. The van der Waals surface area contributed by atoms with Crippen LogP contribution >= 0.6 is 58.5 Å². The molecule has 7 aliphatic rings. The number of nitrogens with one attached hydrogen (secondary N) is 2. The Kier molecular flexibility index (Phi) is 36.4. The molecular formula is C71H99ClN22O47P6. The number of nitrogen functional groups attached to an aromatic ring is 2. The van der Waals surface area contributed by atoms with E-state index in [1.165, 1.54) is 81.4 Å². The van der Waals surface area contributed by atoms with Gasteiger partial charge in [-0.2, -0.15) is 9.97 Å². The summed E-state index contributed by atoms with van der Waals surface area (Å²) in [4.78, 5) is 204. The number of pyridine rings is 1. The summed E-state index contributed by atoms with van der Waals surface area (Å²) in [5, 5.41) is 122. The zero-order valence-electron chi connectivity index (χ0n) is 75.4. The van der Waals surface area contributed by atoms with Crippen molar-refractivity contribution < 1.29 is 212 Å². The van der Waals surface area contributed by atoms with Gasteiger partial charge >= 0.3 is 46.9 Å². The molecule has 0 aliphatic carbocycles. The number of hydrogen-bond acceptors (Lipinski definition) is 48. The predicted molar refractivity (Wildman–Crippen MR) is 484 cm³/mol. The summed E-state index contributed by atoms with van der Waals surface area (Å²) in [6.07, 6.45) is -22.9. The number of H-pyrrole nitrogens is 2. The van der Waals surface area contributed by atoms with Crippen molar-refractivity contribution in [1.29, 1.82) is 0 Å². The van der Waals surface area contributed by atoms with E-state index in [0.717, 1.165) is 9.47 Å². The minimum absolute atomic E-state index is 0. The van der Waals surface area contributed by atoms with E-state index in [2.05, 4.69) is 91.9 Å². The van der Waals surface area contributed by atoms with Crippen LogP contribution in [0.15, 0.2) is 70.2 Å². The monoisotopic (exact) mass is 2230 g/mol. The van der Waals surface area contributed by atoms with Crippen molar-refractivity contribution in [1.82, 2.24) is 92.2 Å². The van der Waals surface area contributed by atoms with Gasteiger partial charge in [-0.3, -0.25) is 69.5 Å². The molecule has 30 N–H and O–H groups in total. The van der Waals surface area contributed by atoms with Crippen LogP contribution in [0.2, 0.25) is 5.15 Å². The lowest BCUT2D eigenvalue weighted by Crippen LogP contribution is -2.46. The number of phosphoric ester groups is 6. The SMILES string of the molecule is C.COc1nc(C)nc2c1ncn2[C@@H]1O[C@H](COP(=O)(O)O)[C@@H](O)[C@H]1O.Cc1nc(Cl)c2ncn([C@@H]3O[C@H](COP(=O)(O)O)[C@@H](O)[C@H]3O)c2n1.Cc1nc2c(c(=O)[nH]1)CC(=O)N2[C@@H]1O[C@H](COP(=O)(O)O)[C@@H](O)[C@H]1O.Cc1nc2c(ccn2[C@@H]2O[C@H](COP(=O)(O)O)[C@@H](O)[C@H]2O)c(=O)[nH]1.Cn1c(N)nc2c(ncn2[C@@H]2O[C@H](COP(=O)(O)O)[C@@H](O)[C@H]2O)c1=O.Nc1ccnc2c1ccn2[C@@H]1O[C@H](COP(=O)(O)O)[C@@H](O)[C@H]1O. The van der Waals surface area contributed by atoms with Gasteiger partial charge in [-0.1, -0.05) is 19.0 Å². The highest BCUT2D eigenvalue weighted by molar-refractivity contribution is 7.47. The largest absolute Gasteiger partial charge is 0.479 e. The topological polar surface area (TPSA) is 1030 Å². The number of aromatic nitrogens is 19. The molecule has 18 rings (SSSR count). The van der Waals surface area contributed by atoms with Gasteiger partial charge in [0.05, 0.1) is 83.1 Å². The normalized spacial score (nSPS) is 27.8. The summed E-state index contributed by atoms with van der Waals surface area (Å²) in [5.74, 6) is 0.999. The zero-order chi connectivity index (χ0) is 107. The summed E-state index contributed by atoms with van der Waals surface area (Å²) >= 11 is 5.99. The molecule has 11 aromatic heterocycles. The number of aryl methyl sites for hydroxylation is 4. The summed E-state index contributed by atoms with van der Waals surface area (Å²) < 4.78 is 136. The molecular weight excluding hydrogens is 2130 g/mol. The Morgan fingerprint density at radius 2 is 0.735 bits per heavy atom. The van der Waals surface area contributed by atoms with E-state index >= 15 is 0 Å². The minimum atomic E-state index is -4.80. The minimum Gasteiger partial charge on any atom is -0.479 e. The van der Waals surface area contributed by atoms with Crippen LogP contribution < -0.4 is 37.8 Å². The summed E-state index contributed by atoms with van der Waals surface area (Å²) in [6.45, 7) is 2.67. The second-order valence-electron chi connectivity index (χ2n) is 32.5. The molecule has 0 saturated carbocycles. The second-order valence-corrected chi connectivity index (χ2v) is 40.3. The highest BCUT2D eigenvalue weighted by Crippen LogP contribution is 2.47. The van der Waals surface area contributed by atoms with E-state index in [1.807, 2.05) is 0 Å². The maximum absolute atomic E-state index is 12.3. The van der Waals surface area contributed by atoms with Gasteiger partial charge in [0.15, 0.2) is 70.5 Å². The van der Waals surface area contributed by atoms with Gasteiger partial charge in [0, 0.05) is 36.7 Å². The van der Waals surface area contributed by atoms with Crippen LogP contribution in [-0.4, -0.2) is 381 Å². The molecule has 0 radical (unpaired) electrons. The number of phosphoric acid groups is 6. The van der Waals surface area contributed by atoms with Crippen molar-refractivity contribution in [2.75, 3.05) is 63.1 Å². The lowest BCUT2D eigenvalue weighted by atomic mass is 10.1. The first-order valence-electron chi connectivity index (χ1n) is 41.8. The second kappa shape index (κ2) is 46.0. The molecule has 147 heavy (non-hydrogen) atoms. The smallest absolute Gasteiger partial charge is 0.469 e. The number of ether oxygens (including phenoxy) is 7. The fourth-order valence-electron chi connectivity index (χ4n) is 15.5. The first kappa shape index (κ1) is 116. The Morgan fingerprint density at radius 1 is 0.401 bits per heavy atom. The average molecular weight is 2230 g/mol. The number of nitrogens with two attached hydrogens (primary N) is 2. The van der Waals surface area contributed by atoms with Gasteiger partial charge in [-0.25, -0.2) is 72.2 Å². The number of aliphatic hydroxyl groups excluding tert-OH is 12. The number of fused-ring (bicyclic) bond motifs is 6. The van der Waals surface area contributed by atoms with E-state index in [0.29, 0.717) is 56.5 Å². The van der Waals surface area contributed by atoms with Gasteiger partial charge in [0.2, 0.25) is 17.7 Å². The third-order valence-electron chi connectivity index (χ3n) is 22.4. The molecule has 1 amide bonds. The number of nitrogens with zero attached hydrogens (tertiary/aromatic N) is 18. The number of aliphatic hydroxyl groups is 12. The Morgan fingerprint density at radius 3 is 1.14 bits per heavy atom. The molecule has 69 nitrogen and oxygen atoms in total. The summed E-state index contributed by atoms with van der Waals surface area (Å²) in [7, 11) is -25.6. The Bertz CT molecular complexity index is 7090. The highest BCUT2D eigenvalue weighted by Gasteiger charge is 2.54. The van der Waals surface area contributed by atoms with Gasteiger partial charge in [0.1, 0.15) is 156 Å². The Balaban J connectivity index is 0.000000157. The number of carbonyl (C=O) groups excluding carboxylic acids is 1. The van der Waals surface area contributed by atoms with Crippen LogP contribution in [0.3, 0.4) is 0 Å². The van der Waals surface area contributed by atoms with Crippen molar-refractivity contribution in [2.45, 2.75) is 189 Å². The first-order valence-corrected chi connectivity index (χ1v) is 51.4. The fraction of sp³-hybridized carbons (Fsp3) is 0.535. The maximum atomic E-state index is 12.3. The Hall–Kier alpha value is -9.46. The van der Waals surface area contributed by atoms with Crippen molar-refractivity contribution in [3.63, 3.8) is 0 Å². The number of aromatic amines is 2. The standard InChI is InChI=1S/C12H17N4O8P.C12H16N3O9P.C12H16N3O8P.C12H16N3O7P.C11H14ClN4O7P.C11H16N5O8P.CH4/c1-5-14-10-7(11(15-5)22-2)13-4-16(10)12-9(18)8(17)6(24-12)3-23-25(19,20)21;1-4-13-10-5(11(19)14-4)2-7(16)15(10)12-9(18)8(17)6(24-12)3-23-25(20,21)22;1-5-13-10-6(11(18)14-5)2-3-15(10)12-9(17)8(16)7(23-12)4-22-24(19,20)21;13-7-1-3-14-11-6(7)2-4-15(11)12-10(17)9(16)8(22-12)5-21-23(18,19)20;1-4-14-9(12)6-10(15-4)16(3-13-6)11-8(18)7(17)5(23-11)2-22-24(19,20)21;1-15-9(19)5-8(14-11(15)12)16(3-13-5)10-7(18)6(17)4(24-10)2-23-25(20,21)22;/h4,6,8-9,12,17-18H,3H2,1-2H3,(H2,19,20,21);6,8-9,12,17-18H,2-3H2,1H3,(H,13,14,19)(H2,20,21,22);2-3,7-9,12,16-17H,4H2,1H3,(H,13,14,18)(H2,19,20,21);1-4,8-10,12,16-17H,5H2,(H2,13,14)(H2,18,19,20);3,5,7-8,11,17-18H,2H2,1H3,(H2,19,20,21);3-4,6-7,10,17-18H,2H2,1H3,(H2,12,14)(H2,20,21,22);1H4/t2*6-,8-,9-,12-;7-,8-,9-,12-;8-,9-,10-,12-;5-,7-,8-,11-;4-,6-,7-,10-;/m111111./s1. The Labute approximate surface area is 824 Å². The molecule has 0 unspecified atom stereocenters. The van der Waals surface area contributed by atoms with Crippen molar-refractivity contribution in [2.24, 2.45) is 7.05 Å². The van der Waals surface area contributed by atoms with Crippen molar-refractivity contribution >= 4 is 137 Å². The molecule has 6 saturated heterocycles. The number of carbonyl (C=O) groups is 1. The third-order valence-corrected chi connectivity index (χ3v) is 25.6. The molecule has 76 heteroatoms. The van der Waals surface area contributed by atoms with Crippen molar-refractivity contribution in [3.05, 3.63) is 121 Å². The molecule has 24 atom stereocenters. The number of rotatable bonds is 25. The lowest BCUT2D eigenvalue weighted by molar-refractivity contribution is -0.121. The predicted octanol–water partition coefficient (Wildman–Crippen LogP) is -7.90. The van der Waals surface area contributed by atoms with E-state index < -0.39 is 251 Å². The van der Waals surface area contributed by atoms with E-state index in [-0.39, 0.29) is 75.8 Å². The molecule has 6 fully saturated rings. The third kappa shape index (κ3) is 26.8. The summed E-state index contributed by atoms with van der Waals surface area (Å²) in [5.41, 5.74) is 12.7. The van der Waals surface area contributed by atoms with Gasteiger partial charge in [-0.15, -0.1) is 0 Å². The van der Waals surface area contributed by atoms with Crippen LogP contribution in [0.25, 0.3) is 55.6 Å². The molecule has 812 valence electrons. The molecule has 18 heterocycles. The van der Waals surface area contributed by atoms with Crippen LogP contribution in [0, 0.1) is 27.7 Å². The molecule has 0 aromatic carbocycles. The summed E-state index contributed by atoms with van der Waals surface area (Å²) in [6, 6.07) is 4.81. The number of imidazole rings is 3. The number of anilines is 3. The van der Waals surface area contributed by atoms with Crippen LogP contribution in [0.4, 0.5) is 17.5 Å². The van der Waals surface area contributed by atoms with E-state index in [9.17, 15) is 108 Å². The van der Waals surface area contributed by atoms with Crippen LogP contribution in [0.1, 0.15) is 67.4 Å². The van der Waals surface area contributed by atoms with Gasteiger partial charge in [0.25, 0.3) is 16.7 Å². The molecule has 0 spiro atoms. The first-order chi connectivity index (χ1) is 68.0. The molecule has 7 aliphatic heterocycles. The van der Waals surface area contributed by atoms with Crippen LogP contribution in [-0.2, 0) is 101 Å². The average Bonchev–Trinajstić information content (AvgIpc) is 1.60. The number of hydrogen-bond donors (Lipinski definition) is 28. The van der Waals surface area contributed by atoms with E-state index in [4.69, 9.17) is 115 Å². The van der Waals surface area contributed by atoms with E-state index in [1.54, 1.807) is 39.1 Å². The number of methoxy groups -OCH3 is 1. The van der Waals surface area contributed by atoms with Crippen LogP contribution in [0.5, 0.6) is 5.88 Å². The zero-order valence-corrected chi connectivity index (χ0v) is 81.5. The van der Waals surface area contributed by atoms with Gasteiger partial charge < -0.3 is 184 Å². The van der Waals surface area contributed by atoms with Crippen molar-refractivity contribution in [3.8, 4) is 5.88 Å². The number of halogens is 1.